The van der Waals surface area contributed by atoms with Gasteiger partial charge in [-0.25, -0.2) is 0 Å². The predicted molar refractivity (Wildman–Crippen MR) is 120 cm³/mol. The smallest absolute Gasteiger partial charge is 0.416 e. The molecule has 1 amide bonds. The summed E-state index contributed by atoms with van der Waals surface area (Å²) in [7, 11) is 1.24. The number of carbonyl (C=O) groups is 2. The Bertz CT molecular complexity index is 817. The zero-order valence-electron chi connectivity index (χ0n) is 19.5. The molecule has 2 aliphatic heterocycles. The number of ether oxygens (including phenoxy) is 1. The van der Waals surface area contributed by atoms with Crippen LogP contribution >= 0.6 is 0 Å². The maximum atomic E-state index is 12.8. The van der Waals surface area contributed by atoms with E-state index >= 15 is 0 Å². The number of hydrogen-bond donors (Lipinski definition) is 0. The second-order valence-corrected chi connectivity index (χ2v) is 9.11. The quantitative estimate of drug-likeness (QED) is 0.628. The van der Waals surface area contributed by atoms with Crippen molar-refractivity contribution in [3.63, 3.8) is 0 Å². The van der Waals surface area contributed by atoms with Crippen LogP contribution in [0.3, 0.4) is 0 Å². The number of likely N-dealkylation sites (tertiary alicyclic amines) is 1. The van der Waals surface area contributed by atoms with Crippen LogP contribution in [0.1, 0.15) is 44.6 Å². The molecule has 0 radical (unpaired) electrons. The molecular weight excluding hydrogens is 435 g/mol. The summed E-state index contributed by atoms with van der Waals surface area (Å²) in [6, 6.07) is 5.00. The van der Waals surface area contributed by atoms with Crippen LogP contribution in [-0.2, 0) is 20.5 Å². The highest BCUT2D eigenvalue weighted by Crippen LogP contribution is 2.53. The predicted octanol–water partition coefficient (Wildman–Crippen LogP) is 3.80. The zero-order chi connectivity index (χ0) is 24.1. The van der Waals surface area contributed by atoms with Crippen LogP contribution in [0.25, 0.3) is 0 Å². The fourth-order valence-electron chi connectivity index (χ4n) is 4.41. The molecule has 0 aromatic heterocycles. The van der Waals surface area contributed by atoms with E-state index in [4.69, 9.17) is 0 Å². The van der Waals surface area contributed by atoms with Gasteiger partial charge in [0.2, 0.25) is 5.91 Å². The maximum Gasteiger partial charge on any atom is 0.416 e. The molecule has 0 bridgehead atoms. The lowest BCUT2D eigenvalue weighted by molar-refractivity contribution is -0.146. The first-order valence-electron chi connectivity index (χ1n) is 11.6. The van der Waals surface area contributed by atoms with E-state index < -0.39 is 17.7 Å². The summed E-state index contributed by atoms with van der Waals surface area (Å²) in [4.78, 5) is 28.9. The number of hydrogen-bond acceptors (Lipinski definition) is 5. The number of alkyl halides is 3. The fourth-order valence-corrected chi connectivity index (χ4v) is 4.41. The number of piperidine rings is 1. The molecule has 1 aromatic carbocycles. The molecule has 1 spiro atoms. The van der Waals surface area contributed by atoms with Gasteiger partial charge in [0.1, 0.15) is 6.54 Å². The molecule has 33 heavy (non-hydrogen) atoms. The number of nitrogens with zero attached hydrogens (tertiary/aromatic N) is 3. The molecule has 1 aromatic rings. The van der Waals surface area contributed by atoms with Crippen molar-refractivity contribution in [3.8, 4) is 0 Å². The molecule has 9 heteroatoms. The minimum atomic E-state index is -4.41. The van der Waals surface area contributed by atoms with E-state index in [1.54, 1.807) is 11.0 Å². The van der Waals surface area contributed by atoms with Crippen molar-refractivity contribution >= 4 is 17.6 Å². The molecule has 184 valence electrons. The number of rotatable bonds is 4. The van der Waals surface area contributed by atoms with Gasteiger partial charge in [0.15, 0.2) is 0 Å². The van der Waals surface area contributed by atoms with E-state index in [2.05, 4.69) is 16.6 Å². The number of amides is 1. The molecule has 0 N–H and O–H groups in total. The van der Waals surface area contributed by atoms with E-state index in [9.17, 15) is 22.8 Å². The van der Waals surface area contributed by atoms with Crippen LogP contribution in [0.15, 0.2) is 24.3 Å². The number of halogens is 3. The summed E-state index contributed by atoms with van der Waals surface area (Å²) in [5.41, 5.74) is 0.551. The molecule has 0 unspecified atom stereocenters. The molecule has 6 nitrogen and oxygen atoms in total. The fraction of sp³-hybridized carbons (Fsp3) is 0.667. The van der Waals surface area contributed by atoms with Crippen molar-refractivity contribution in [1.29, 1.82) is 0 Å². The summed E-state index contributed by atoms with van der Waals surface area (Å²) in [6.07, 6.45) is 1.76. The van der Waals surface area contributed by atoms with E-state index in [0.29, 0.717) is 18.8 Å². The van der Waals surface area contributed by atoms with Crippen molar-refractivity contribution in [2.24, 2.45) is 5.41 Å². The van der Waals surface area contributed by atoms with Gasteiger partial charge in [-0.15, -0.1) is 0 Å². The molecular formula is C24H34F3N3O3. The van der Waals surface area contributed by atoms with Crippen LogP contribution in [0, 0.1) is 5.41 Å². The average Bonchev–Trinajstić information content (AvgIpc) is 3.59. The summed E-state index contributed by atoms with van der Waals surface area (Å²) in [5, 5.41) is 0. The molecule has 3 fully saturated rings. The van der Waals surface area contributed by atoms with Crippen molar-refractivity contribution < 1.29 is 27.5 Å². The van der Waals surface area contributed by atoms with Crippen molar-refractivity contribution in [2.45, 2.75) is 45.2 Å². The van der Waals surface area contributed by atoms with Gasteiger partial charge in [-0.1, -0.05) is 13.0 Å². The topological polar surface area (TPSA) is 53.1 Å². The molecule has 1 aliphatic carbocycles. The highest BCUT2D eigenvalue weighted by Gasteiger charge is 2.43. The third-order valence-electron chi connectivity index (χ3n) is 7.00. The average molecular weight is 470 g/mol. The Labute approximate surface area is 193 Å². The Morgan fingerprint density at radius 3 is 2.33 bits per heavy atom. The number of benzene rings is 1. The molecule has 2 heterocycles. The monoisotopic (exact) mass is 469 g/mol. The van der Waals surface area contributed by atoms with E-state index in [0.717, 1.165) is 17.5 Å². The Morgan fingerprint density at radius 1 is 1.06 bits per heavy atom. The first-order valence-corrected chi connectivity index (χ1v) is 11.6. The Kier molecular flexibility index (Phi) is 8.26. The normalized spacial score (nSPS) is 20.7. The van der Waals surface area contributed by atoms with Crippen LogP contribution < -0.4 is 4.90 Å². The maximum absolute atomic E-state index is 12.8. The van der Waals surface area contributed by atoms with Crippen molar-refractivity contribution in [1.82, 2.24) is 9.80 Å². The van der Waals surface area contributed by atoms with Crippen molar-refractivity contribution in [3.05, 3.63) is 29.8 Å². The minimum Gasteiger partial charge on any atom is -0.468 e. The molecule has 2 saturated heterocycles. The number of carbonyl (C=O) groups excluding carboxylic acids is 2. The molecule has 4 rings (SSSR count). The van der Waals surface area contributed by atoms with Crippen molar-refractivity contribution in [2.75, 3.05) is 57.8 Å². The standard InChI is InChI=1S/C15H17F3N2O3.C9H17N/c1-23-14(22)10-20-8-7-19(6-5-13(20)21)12-4-2-3-11(9-12)15(16,17)18;1-2-10-7-5-9(3-4-9)6-8-10/h2-4,9H,5-8,10H2,1H3;2-8H2,1H3. The van der Waals surface area contributed by atoms with Gasteiger partial charge in [-0.2, -0.15) is 13.2 Å². The van der Waals surface area contributed by atoms with E-state index in [1.165, 1.54) is 63.4 Å². The molecule has 0 atom stereocenters. The lowest BCUT2D eigenvalue weighted by Crippen LogP contribution is -2.37. The summed E-state index contributed by atoms with van der Waals surface area (Å²) < 4.78 is 42.9. The van der Waals surface area contributed by atoms with E-state index in [-0.39, 0.29) is 25.4 Å². The van der Waals surface area contributed by atoms with Gasteiger partial charge in [-0.05, 0) is 68.9 Å². The zero-order valence-corrected chi connectivity index (χ0v) is 19.5. The van der Waals surface area contributed by atoms with Crippen LogP contribution in [0.4, 0.5) is 18.9 Å². The van der Waals surface area contributed by atoms with Gasteiger partial charge in [0.05, 0.1) is 12.7 Å². The second-order valence-electron chi connectivity index (χ2n) is 9.11. The number of anilines is 1. The third-order valence-corrected chi connectivity index (χ3v) is 7.00. The highest BCUT2D eigenvalue weighted by molar-refractivity contribution is 5.82. The third kappa shape index (κ3) is 7.09. The van der Waals surface area contributed by atoms with E-state index in [1.807, 2.05) is 0 Å². The first-order chi connectivity index (χ1) is 15.7. The number of methoxy groups -OCH3 is 1. The van der Waals surface area contributed by atoms with Crippen LogP contribution in [-0.4, -0.2) is 74.6 Å². The molecule has 3 aliphatic rings. The summed E-state index contributed by atoms with van der Waals surface area (Å²) in [6.45, 7) is 7.03. The number of esters is 1. The lowest BCUT2D eigenvalue weighted by atomic mass is 9.94. The summed E-state index contributed by atoms with van der Waals surface area (Å²) in [5.74, 6) is -0.740. The molecule has 1 saturated carbocycles. The van der Waals surface area contributed by atoms with Crippen LogP contribution in [0.5, 0.6) is 0 Å². The van der Waals surface area contributed by atoms with Gasteiger partial charge in [-0.3, -0.25) is 9.59 Å². The van der Waals surface area contributed by atoms with Gasteiger partial charge >= 0.3 is 12.1 Å². The first kappa shape index (κ1) is 25.3. The van der Waals surface area contributed by atoms with Gasteiger partial charge in [0.25, 0.3) is 0 Å². The second kappa shape index (κ2) is 10.8. The largest absolute Gasteiger partial charge is 0.468 e. The minimum absolute atomic E-state index is 0.132. The van der Waals surface area contributed by atoms with Crippen LogP contribution in [0.2, 0.25) is 0 Å². The highest BCUT2D eigenvalue weighted by atomic mass is 19.4. The summed E-state index contributed by atoms with van der Waals surface area (Å²) >= 11 is 0. The Hall–Kier alpha value is -2.29. The SMILES string of the molecule is CCN1CCC2(CC1)CC2.COC(=O)CN1CCN(c2cccc(C(F)(F)F)c2)CCC1=O. The Balaban J connectivity index is 0.000000252. The van der Waals surface area contributed by atoms with Gasteiger partial charge < -0.3 is 19.4 Å². The Morgan fingerprint density at radius 2 is 1.76 bits per heavy atom. The lowest BCUT2D eigenvalue weighted by Gasteiger charge is -2.30. The van der Waals surface area contributed by atoms with Gasteiger partial charge in [0, 0.05) is 31.7 Å².